The molecule has 3 rings (SSSR count). The lowest BCUT2D eigenvalue weighted by Crippen LogP contribution is -2.48. The Hall–Kier alpha value is -2.90. The zero-order valence-corrected chi connectivity index (χ0v) is 14.1. The Bertz CT molecular complexity index is 853. The number of aromatic nitrogens is 3. The normalized spacial score (nSPS) is 17.3. The molecule has 1 amide bonds. The molecule has 0 saturated carbocycles. The predicted octanol–water partition coefficient (Wildman–Crippen LogP) is 0.258. The van der Waals surface area contributed by atoms with Crippen LogP contribution in [0.4, 0.5) is 5.82 Å². The highest BCUT2D eigenvalue weighted by molar-refractivity contribution is 5.93. The first-order valence-electron chi connectivity index (χ1n) is 8.32. The van der Waals surface area contributed by atoms with Gasteiger partial charge in [-0.25, -0.2) is 5.10 Å². The molecule has 1 unspecified atom stereocenters. The van der Waals surface area contributed by atoms with Gasteiger partial charge in [0, 0.05) is 38.4 Å². The molecule has 3 heterocycles. The van der Waals surface area contributed by atoms with Gasteiger partial charge >= 0.3 is 0 Å². The Balaban J connectivity index is 1.71. The third kappa shape index (κ3) is 3.78. The molecule has 0 aromatic carbocycles. The van der Waals surface area contributed by atoms with Crippen molar-refractivity contribution in [3.05, 3.63) is 56.7 Å². The van der Waals surface area contributed by atoms with Crippen LogP contribution in [-0.2, 0) is 7.05 Å². The molecule has 0 spiro atoms. The van der Waals surface area contributed by atoms with Crippen molar-refractivity contribution in [3.63, 3.8) is 0 Å². The summed E-state index contributed by atoms with van der Waals surface area (Å²) in [6, 6.07) is 6.41. The van der Waals surface area contributed by atoms with E-state index in [-0.39, 0.29) is 28.6 Å². The second-order valence-electron chi connectivity index (χ2n) is 6.17. The minimum atomic E-state index is -0.374. The lowest BCUT2D eigenvalue weighted by atomic mass is 10.0. The smallest absolute Gasteiger partial charge is 0.264 e. The van der Waals surface area contributed by atoms with Crippen molar-refractivity contribution in [3.8, 4) is 0 Å². The van der Waals surface area contributed by atoms with Crippen LogP contribution in [0, 0.1) is 0 Å². The lowest BCUT2D eigenvalue weighted by molar-refractivity contribution is 0.0947. The molecule has 1 fully saturated rings. The molecule has 0 bridgehead atoms. The largest absolute Gasteiger partial charge is 0.350 e. The fourth-order valence-corrected chi connectivity index (χ4v) is 3.09. The Morgan fingerprint density at radius 2 is 2.16 bits per heavy atom. The number of aromatic amines is 1. The number of carbonyl (C=O) groups is 1. The van der Waals surface area contributed by atoms with Gasteiger partial charge in [0.2, 0.25) is 0 Å². The standard InChI is InChI=1S/C17H21N5O3/c1-21-9-4-6-13(17(21)25)16(24)18-11-12-5-2-3-10-22(12)14-7-8-15(23)20-19-14/h4,6-9,12H,2-3,5,10-11H2,1H3,(H,18,24)(H,20,23). The summed E-state index contributed by atoms with van der Waals surface area (Å²) in [6.07, 6.45) is 4.62. The SMILES string of the molecule is Cn1cccc(C(=O)NCC2CCCCN2c2ccc(=O)[nH]n2)c1=O. The van der Waals surface area contributed by atoms with E-state index in [1.54, 1.807) is 25.4 Å². The molecule has 2 N–H and O–H groups in total. The van der Waals surface area contributed by atoms with Crippen LogP contribution in [0.25, 0.3) is 0 Å². The number of nitrogens with one attached hydrogen (secondary N) is 2. The van der Waals surface area contributed by atoms with Crippen molar-refractivity contribution >= 4 is 11.7 Å². The lowest BCUT2D eigenvalue weighted by Gasteiger charge is -2.36. The van der Waals surface area contributed by atoms with Crippen LogP contribution < -0.4 is 21.3 Å². The Morgan fingerprint density at radius 1 is 1.32 bits per heavy atom. The molecule has 8 heteroatoms. The van der Waals surface area contributed by atoms with Gasteiger partial charge in [-0.2, -0.15) is 5.10 Å². The Labute approximate surface area is 144 Å². The van der Waals surface area contributed by atoms with Crippen LogP contribution in [0.5, 0.6) is 0 Å². The molecule has 25 heavy (non-hydrogen) atoms. The molecule has 132 valence electrons. The van der Waals surface area contributed by atoms with Crippen LogP contribution in [0.1, 0.15) is 29.6 Å². The van der Waals surface area contributed by atoms with Gasteiger partial charge in [-0.15, -0.1) is 0 Å². The summed E-state index contributed by atoms with van der Waals surface area (Å²) in [5, 5.41) is 9.38. The summed E-state index contributed by atoms with van der Waals surface area (Å²) in [5.74, 6) is 0.315. The topological polar surface area (TPSA) is 100 Å². The highest BCUT2D eigenvalue weighted by Gasteiger charge is 2.24. The van der Waals surface area contributed by atoms with Crippen LogP contribution in [0.2, 0.25) is 0 Å². The zero-order valence-electron chi connectivity index (χ0n) is 14.1. The first kappa shape index (κ1) is 16.9. The van der Waals surface area contributed by atoms with Gasteiger partial charge in [-0.05, 0) is 37.5 Å². The quantitative estimate of drug-likeness (QED) is 0.829. The molecule has 0 radical (unpaired) electrons. The molecule has 1 atom stereocenters. The second kappa shape index (κ2) is 7.33. The summed E-state index contributed by atoms with van der Waals surface area (Å²) in [4.78, 5) is 37.6. The van der Waals surface area contributed by atoms with Crippen molar-refractivity contribution in [2.45, 2.75) is 25.3 Å². The van der Waals surface area contributed by atoms with Crippen LogP contribution in [-0.4, -0.2) is 39.8 Å². The van der Waals surface area contributed by atoms with Gasteiger partial charge < -0.3 is 14.8 Å². The van der Waals surface area contributed by atoms with Crippen molar-refractivity contribution in [1.82, 2.24) is 20.1 Å². The number of pyridine rings is 1. The van der Waals surface area contributed by atoms with E-state index in [1.165, 1.54) is 16.7 Å². The van der Waals surface area contributed by atoms with Gasteiger partial charge in [0.1, 0.15) is 11.4 Å². The van der Waals surface area contributed by atoms with Gasteiger partial charge in [0.05, 0.1) is 0 Å². The number of carbonyl (C=O) groups excluding carboxylic acids is 1. The Kier molecular flexibility index (Phi) is 4.97. The van der Waals surface area contributed by atoms with Gasteiger partial charge in [0.25, 0.3) is 17.0 Å². The van der Waals surface area contributed by atoms with E-state index in [0.717, 1.165) is 25.8 Å². The molecule has 1 aliphatic rings. The fraction of sp³-hybridized carbons (Fsp3) is 0.412. The number of anilines is 1. The van der Waals surface area contributed by atoms with Crippen molar-refractivity contribution in [1.29, 1.82) is 0 Å². The third-order valence-corrected chi connectivity index (χ3v) is 4.45. The van der Waals surface area contributed by atoms with Gasteiger partial charge in [-0.1, -0.05) is 0 Å². The maximum Gasteiger partial charge on any atom is 0.264 e. The number of hydrogen-bond donors (Lipinski definition) is 2. The third-order valence-electron chi connectivity index (χ3n) is 4.45. The van der Waals surface area contributed by atoms with E-state index >= 15 is 0 Å². The van der Waals surface area contributed by atoms with E-state index < -0.39 is 0 Å². The maximum absolute atomic E-state index is 12.3. The Morgan fingerprint density at radius 3 is 2.92 bits per heavy atom. The summed E-state index contributed by atoms with van der Waals surface area (Å²) >= 11 is 0. The van der Waals surface area contributed by atoms with Crippen molar-refractivity contribution in [2.75, 3.05) is 18.0 Å². The van der Waals surface area contributed by atoms with Crippen LogP contribution in [0.3, 0.4) is 0 Å². The summed E-state index contributed by atoms with van der Waals surface area (Å²) in [6.45, 7) is 1.23. The van der Waals surface area contributed by atoms with Gasteiger partial charge in [0.15, 0.2) is 0 Å². The van der Waals surface area contributed by atoms with Crippen LogP contribution in [0.15, 0.2) is 40.1 Å². The highest BCUT2D eigenvalue weighted by atomic mass is 16.2. The number of nitrogens with zero attached hydrogens (tertiary/aromatic N) is 3. The summed E-state index contributed by atoms with van der Waals surface area (Å²) in [7, 11) is 1.61. The average molecular weight is 343 g/mol. The van der Waals surface area contributed by atoms with Crippen molar-refractivity contribution in [2.24, 2.45) is 7.05 Å². The molecule has 2 aromatic heterocycles. The first-order valence-corrected chi connectivity index (χ1v) is 8.32. The predicted molar refractivity (Wildman–Crippen MR) is 93.9 cm³/mol. The summed E-state index contributed by atoms with van der Waals surface area (Å²) < 4.78 is 1.38. The molecule has 0 aliphatic carbocycles. The van der Waals surface area contributed by atoms with Crippen LogP contribution >= 0.6 is 0 Å². The number of H-pyrrole nitrogens is 1. The van der Waals surface area contributed by atoms with E-state index in [1.807, 2.05) is 0 Å². The second-order valence-corrected chi connectivity index (χ2v) is 6.17. The van der Waals surface area contributed by atoms with E-state index in [4.69, 9.17) is 0 Å². The highest BCUT2D eigenvalue weighted by Crippen LogP contribution is 2.21. The molecular formula is C17H21N5O3. The number of amides is 1. The zero-order chi connectivity index (χ0) is 17.8. The molecule has 1 saturated heterocycles. The molecular weight excluding hydrogens is 322 g/mol. The fourth-order valence-electron chi connectivity index (χ4n) is 3.09. The first-order chi connectivity index (χ1) is 12.1. The average Bonchev–Trinajstić information content (AvgIpc) is 2.63. The van der Waals surface area contributed by atoms with Gasteiger partial charge in [-0.3, -0.25) is 14.4 Å². The molecule has 8 nitrogen and oxygen atoms in total. The monoisotopic (exact) mass is 343 g/mol. The van der Waals surface area contributed by atoms with E-state index in [0.29, 0.717) is 12.4 Å². The van der Waals surface area contributed by atoms with E-state index in [9.17, 15) is 14.4 Å². The van der Waals surface area contributed by atoms with E-state index in [2.05, 4.69) is 20.4 Å². The maximum atomic E-state index is 12.3. The number of hydrogen-bond acceptors (Lipinski definition) is 5. The molecule has 2 aromatic rings. The minimum Gasteiger partial charge on any atom is -0.350 e. The number of piperidine rings is 1. The molecule has 1 aliphatic heterocycles. The van der Waals surface area contributed by atoms with Crippen molar-refractivity contribution < 1.29 is 4.79 Å². The minimum absolute atomic E-state index is 0.0728. The number of rotatable bonds is 4. The number of aryl methyl sites for hydroxylation is 1. The summed E-state index contributed by atoms with van der Waals surface area (Å²) in [5.41, 5.74) is -0.428.